The van der Waals surface area contributed by atoms with Crippen LogP contribution in [0.5, 0.6) is 0 Å². The predicted octanol–water partition coefficient (Wildman–Crippen LogP) is 2.50. The maximum absolute atomic E-state index is 12.9. The second kappa shape index (κ2) is 4.28. The molecule has 15 heavy (non-hydrogen) atoms. The van der Waals surface area contributed by atoms with Crippen LogP contribution in [-0.2, 0) is 13.0 Å². The van der Waals surface area contributed by atoms with E-state index in [0.717, 1.165) is 16.9 Å². The molecule has 0 amide bonds. The summed E-state index contributed by atoms with van der Waals surface area (Å²) < 4.78 is 18.1. The van der Waals surface area contributed by atoms with Crippen molar-refractivity contribution in [3.05, 3.63) is 59.3 Å². The summed E-state index contributed by atoms with van der Waals surface area (Å²) in [6.45, 7) is -0.0351. The Hall–Kier alpha value is -1.61. The van der Waals surface area contributed by atoms with Gasteiger partial charge in [-0.25, -0.2) is 4.39 Å². The van der Waals surface area contributed by atoms with Crippen molar-refractivity contribution in [1.82, 2.24) is 0 Å². The highest BCUT2D eigenvalue weighted by Crippen LogP contribution is 2.14. The Labute approximate surface area is 87.0 Å². The normalized spacial score (nSPS) is 10.5. The van der Waals surface area contributed by atoms with Crippen molar-refractivity contribution >= 4 is 0 Å². The standard InChI is InChI=1S/C12H11FO2/c13-11-3-1-2-9(4-11)5-12-6-10(7-14)8-15-12/h1-4,6,8,14H,5,7H2. The van der Waals surface area contributed by atoms with Crippen molar-refractivity contribution in [2.24, 2.45) is 0 Å². The van der Waals surface area contributed by atoms with E-state index in [2.05, 4.69) is 0 Å². The molecule has 1 heterocycles. The number of aliphatic hydroxyl groups is 1. The fourth-order valence-electron chi connectivity index (χ4n) is 1.45. The molecule has 0 saturated heterocycles. The molecule has 78 valence electrons. The van der Waals surface area contributed by atoms with Crippen molar-refractivity contribution < 1.29 is 13.9 Å². The zero-order valence-corrected chi connectivity index (χ0v) is 8.11. The molecule has 0 aliphatic rings. The smallest absolute Gasteiger partial charge is 0.123 e. The van der Waals surface area contributed by atoms with Crippen molar-refractivity contribution in [2.75, 3.05) is 0 Å². The molecule has 3 heteroatoms. The average Bonchev–Trinajstić information content (AvgIpc) is 2.65. The summed E-state index contributed by atoms with van der Waals surface area (Å²) in [7, 11) is 0. The lowest BCUT2D eigenvalue weighted by Crippen LogP contribution is -1.86. The zero-order chi connectivity index (χ0) is 10.7. The molecule has 2 aromatic rings. The van der Waals surface area contributed by atoms with Crippen molar-refractivity contribution in [3.63, 3.8) is 0 Å². The lowest BCUT2D eigenvalue weighted by atomic mass is 10.1. The van der Waals surface area contributed by atoms with Crippen LogP contribution in [0.25, 0.3) is 0 Å². The van der Waals surface area contributed by atoms with Gasteiger partial charge in [0.15, 0.2) is 0 Å². The van der Waals surface area contributed by atoms with Crippen molar-refractivity contribution in [1.29, 1.82) is 0 Å². The van der Waals surface area contributed by atoms with E-state index in [1.54, 1.807) is 12.1 Å². The molecule has 0 atom stereocenters. The maximum Gasteiger partial charge on any atom is 0.123 e. The van der Waals surface area contributed by atoms with Crippen molar-refractivity contribution in [3.8, 4) is 0 Å². The molecule has 0 aliphatic heterocycles. The molecule has 0 fully saturated rings. The third kappa shape index (κ3) is 2.44. The summed E-state index contributed by atoms with van der Waals surface area (Å²) in [6, 6.07) is 8.15. The van der Waals surface area contributed by atoms with Crippen LogP contribution in [0.2, 0.25) is 0 Å². The highest BCUT2D eigenvalue weighted by molar-refractivity contribution is 5.23. The first-order valence-corrected chi connectivity index (χ1v) is 4.69. The summed E-state index contributed by atoms with van der Waals surface area (Å²) in [4.78, 5) is 0. The fourth-order valence-corrected chi connectivity index (χ4v) is 1.45. The van der Waals surface area contributed by atoms with Crippen LogP contribution in [0.3, 0.4) is 0 Å². The van der Waals surface area contributed by atoms with Gasteiger partial charge in [-0.2, -0.15) is 0 Å². The van der Waals surface area contributed by atoms with Gasteiger partial charge in [-0.3, -0.25) is 0 Å². The molecule has 2 rings (SSSR count). The molecule has 0 aliphatic carbocycles. The lowest BCUT2D eigenvalue weighted by molar-refractivity contribution is 0.280. The predicted molar refractivity (Wildman–Crippen MR) is 53.8 cm³/mol. The van der Waals surface area contributed by atoms with Gasteiger partial charge in [-0.1, -0.05) is 12.1 Å². The maximum atomic E-state index is 12.9. The molecule has 2 nitrogen and oxygen atoms in total. The van der Waals surface area contributed by atoms with Crippen LogP contribution in [0.4, 0.5) is 4.39 Å². The summed E-state index contributed by atoms with van der Waals surface area (Å²) in [5, 5.41) is 8.84. The summed E-state index contributed by atoms with van der Waals surface area (Å²) in [5.74, 6) is 0.478. The number of aliphatic hydroxyl groups excluding tert-OH is 1. The second-order valence-corrected chi connectivity index (χ2v) is 3.39. The van der Waals surface area contributed by atoms with E-state index in [-0.39, 0.29) is 12.4 Å². The first-order chi connectivity index (χ1) is 7.28. The van der Waals surface area contributed by atoms with Crippen LogP contribution >= 0.6 is 0 Å². The molecular formula is C12H11FO2. The van der Waals surface area contributed by atoms with Gasteiger partial charge in [0.05, 0.1) is 12.9 Å². The molecule has 1 aromatic heterocycles. The number of rotatable bonds is 3. The summed E-state index contributed by atoms with van der Waals surface area (Å²) >= 11 is 0. The van der Waals surface area contributed by atoms with Crippen LogP contribution in [0, 0.1) is 5.82 Å². The highest BCUT2D eigenvalue weighted by atomic mass is 19.1. The van der Waals surface area contributed by atoms with Gasteiger partial charge in [0, 0.05) is 12.0 Å². The minimum atomic E-state index is -0.249. The fraction of sp³-hybridized carbons (Fsp3) is 0.167. The van der Waals surface area contributed by atoms with E-state index in [9.17, 15) is 4.39 Å². The number of hydrogen-bond donors (Lipinski definition) is 1. The lowest BCUT2D eigenvalue weighted by Gasteiger charge is -1.97. The topological polar surface area (TPSA) is 33.4 Å². The molecule has 0 unspecified atom stereocenters. The van der Waals surface area contributed by atoms with Gasteiger partial charge in [0.25, 0.3) is 0 Å². The average molecular weight is 206 g/mol. The molecule has 0 radical (unpaired) electrons. The quantitative estimate of drug-likeness (QED) is 0.837. The Morgan fingerprint density at radius 3 is 2.73 bits per heavy atom. The minimum absolute atomic E-state index is 0.0351. The summed E-state index contributed by atoms with van der Waals surface area (Å²) in [5.41, 5.74) is 1.59. The van der Waals surface area contributed by atoms with Crippen LogP contribution < -0.4 is 0 Å². The first kappa shape index (κ1) is 9.93. The Kier molecular flexibility index (Phi) is 2.83. The third-order valence-electron chi connectivity index (χ3n) is 2.16. The Morgan fingerprint density at radius 1 is 1.20 bits per heavy atom. The summed E-state index contributed by atoms with van der Waals surface area (Å²) in [6.07, 6.45) is 2.05. The van der Waals surface area contributed by atoms with Gasteiger partial charge in [-0.05, 0) is 23.8 Å². The van der Waals surface area contributed by atoms with Gasteiger partial charge < -0.3 is 9.52 Å². The molecular weight excluding hydrogens is 195 g/mol. The van der Waals surface area contributed by atoms with Crippen molar-refractivity contribution in [2.45, 2.75) is 13.0 Å². The van der Waals surface area contributed by atoms with E-state index < -0.39 is 0 Å². The van der Waals surface area contributed by atoms with E-state index in [0.29, 0.717) is 6.42 Å². The number of benzene rings is 1. The van der Waals surface area contributed by atoms with Gasteiger partial charge in [0.2, 0.25) is 0 Å². The monoisotopic (exact) mass is 206 g/mol. The third-order valence-corrected chi connectivity index (χ3v) is 2.16. The number of furan rings is 1. The Bertz CT molecular complexity index is 448. The molecule has 1 aromatic carbocycles. The van der Waals surface area contributed by atoms with Gasteiger partial charge in [0.1, 0.15) is 11.6 Å². The second-order valence-electron chi connectivity index (χ2n) is 3.39. The van der Waals surface area contributed by atoms with E-state index in [4.69, 9.17) is 9.52 Å². The SMILES string of the molecule is OCc1coc(Cc2cccc(F)c2)c1. The largest absolute Gasteiger partial charge is 0.469 e. The molecule has 0 spiro atoms. The minimum Gasteiger partial charge on any atom is -0.469 e. The highest BCUT2D eigenvalue weighted by Gasteiger charge is 2.03. The molecule has 1 N–H and O–H groups in total. The van der Waals surface area contributed by atoms with E-state index in [1.807, 2.05) is 6.07 Å². The number of hydrogen-bond acceptors (Lipinski definition) is 2. The van der Waals surface area contributed by atoms with Crippen LogP contribution in [0.1, 0.15) is 16.9 Å². The molecule has 0 saturated carbocycles. The Balaban J connectivity index is 2.14. The molecule has 0 bridgehead atoms. The van der Waals surface area contributed by atoms with Crippen LogP contribution in [0.15, 0.2) is 41.0 Å². The first-order valence-electron chi connectivity index (χ1n) is 4.69. The van der Waals surface area contributed by atoms with E-state index >= 15 is 0 Å². The Morgan fingerprint density at radius 2 is 2.07 bits per heavy atom. The number of halogens is 1. The van der Waals surface area contributed by atoms with Crippen LogP contribution in [-0.4, -0.2) is 5.11 Å². The van der Waals surface area contributed by atoms with Gasteiger partial charge in [-0.15, -0.1) is 0 Å². The van der Waals surface area contributed by atoms with Gasteiger partial charge >= 0.3 is 0 Å². The van der Waals surface area contributed by atoms with E-state index in [1.165, 1.54) is 18.4 Å². The zero-order valence-electron chi connectivity index (χ0n) is 8.11.